The second-order valence-electron chi connectivity index (χ2n) is 4.71. The summed E-state index contributed by atoms with van der Waals surface area (Å²) in [5, 5.41) is 9.22. The molecule has 0 amide bonds. The van der Waals surface area contributed by atoms with Gasteiger partial charge < -0.3 is 10.8 Å². The maximum Gasteiger partial charge on any atom is 0.115 e. The summed E-state index contributed by atoms with van der Waals surface area (Å²) in [6.45, 7) is 5.07. The van der Waals surface area contributed by atoms with Crippen LogP contribution < -0.4 is 5.73 Å². The highest BCUT2D eigenvalue weighted by atomic mass is 16.3. The first-order valence-electron chi connectivity index (χ1n) is 5.92. The van der Waals surface area contributed by atoms with Crippen LogP contribution in [0.4, 0.5) is 0 Å². The van der Waals surface area contributed by atoms with Gasteiger partial charge in [0.15, 0.2) is 0 Å². The fourth-order valence-corrected chi connectivity index (χ4v) is 2.50. The molecule has 0 aromatic heterocycles. The van der Waals surface area contributed by atoms with Gasteiger partial charge in [0.05, 0.1) is 0 Å². The molecule has 2 atom stereocenters. The van der Waals surface area contributed by atoms with E-state index in [4.69, 9.17) is 5.73 Å². The summed E-state index contributed by atoms with van der Waals surface area (Å²) >= 11 is 0. The topological polar surface area (TPSA) is 49.5 Å². The average molecular weight is 220 g/mol. The number of hydrogen-bond acceptors (Lipinski definition) is 3. The normalized spacial score (nSPS) is 26.1. The second kappa shape index (κ2) is 4.85. The number of benzene rings is 1. The number of rotatable bonds is 3. The molecule has 1 fully saturated rings. The molecular weight excluding hydrogens is 200 g/mol. The molecule has 3 N–H and O–H groups in total. The molecule has 2 rings (SSSR count). The number of aromatic hydroxyl groups is 1. The van der Waals surface area contributed by atoms with E-state index in [0.29, 0.717) is 17.7 Å². The van der Waals surface area contributed by atoms with Crippen LogP contribution in [0, 0.1) is 5.92 Å². The molecule has 0 bridgehead atoms. The lowest BCUT2D eigenvalue weighted by Crippen LogP contribution is -2.37. The Balaban J connectivity index is 2.01. The van der Waals surface area contributed by atoms with E-state index in [0.717, 1.165) is 19.6 Å². The Bertz CT molecular complexity index is 336. The predicted octanol–water partition coefficient (Wildman–Crippen LogP) is 1.56. The van der Waals surface area contributed by atoms with Crippen molar-refractivity contribution in [2.24, 2.45) is 11.7 Å². The number of nitrogens with zero attached hydrogens (tertiary/aromatic N) is 1. The van der Waals surface area contributed by atoms with Gasteiger partial charge in [0.25, 0.3) is 0 Å². The summed E-state index contributed by atoms with van der Waals surface area (Å²) in [7, 11) is 0. The molecule has 1 aromatic carbocycles. The smallest absolute Gasteiger partial charge is 0.115 e. The van der Waals surface area contributed by atoms with Gasteiger partial charge in [0, 0.05) is 19.1 Å². The molecule has 3 heteroatoms. The van der Waals surface area contributed by atoms with Crippen molar-refractivity contribution < 1.29 is 5.11 Å². The van der Waals surface area contributed by atoms with Crippen LogP contribution >= 0.6 is 0 Å². The zero-order valence-electron chi connectivity index (χ0n) is 9.76. The molecule has 88 valence electrons. The van der Waals surface area contributed by atoms with Crippen molar-refractivity contribution in [1.82, 2.24) is 4.90 Å². The highest BCUT2D eigenvalue weighted by Crippen LogP contribution is 2.25. The van der Waals surface area contributed by atoms with Crippen molar-refractivity contribution in [3.8, 4) is 5.75 Å². The minimum Gasteiger partial charge on any atom is -0.508 e. The molecule has 1 aromatic rings. The number of nitrogens with two attached hydrogens (primary N) is 1. The highest BCUT2D eigenvalue weighted by Gasteiger charge is 2.29. The zero-order valence-corrected chi connectivity index (χ0v) is 9.76. The SMILES string of the molecule is CC1CCN(Cc2ccc(O)cc2)C1CN. The van der Waals surface area contributed by atoms with Crippen molar-refractivity contribution in [3.63, 3.8) is 0 Å². The maximum atomic E-state index is 9.22. The largest absolute Gasteiger partial charge is 0.508 e. The molecule has 0 saturated carbocycles. The fourth-order valence-electron chi connectivity index (χ4n) is 2.50. The quantitative estimate of drug-likeness (QED) is 0.812. The minimum absolute atomic E-state index is 0.328. The first-order chi connectivity index (χ1) is 7.70. The first kappa shape index (κ1) is 11.4. The van der Waals surface area contributed by atoms with Gasteiger partial charge in [0.1, 0.15) is 5.75 Å². The van der Waals surface area contributed by atoms with Gasteiger partial charge in [-0.25, -0.2) is 0 Å². The molecular formula is C13H20N2O. The summed E-state index contributed by atoms with van der Waals surface area (Å²) in [5.41, 5.74) is 7.05. The summed E-state index contributed by atoms with van der Waals surface area (Å²) in [6, 6.07) is 7.95. The van der Waals surface area contributed by atoms with Gasteiger partial charge in [-0.1, -0.05) is 19.1 Å². The van der Waals surface area contributed by atoms with Crippen LogP contribution in [0.1, 0.15) is 18.9 Å². The van der Waals surface area contributed by atoms with Crippen molar-refractivity contribution >= 4 is 0 Å². The number of phenols is 1. The molecule has 1 saturated heterocycles. The van der Waals surface area contributed by atoms with E-state index in [1.165, 1.54) is 12.0 Å². The summed E-state index contributed by atoms with van der Waals surface area (Å²) < 4.78 is 0. The van der Waals surface area contributed by atoms with Gasteiger partial charge in [-0.05, 0) is 36.6 Å². The number of phenolic OH excluding ortho intramolecular Hbond substituents is 1. The lowest BCUT2D eigenvalue weighted by Gasteiger charge is -2.25. The lowest BCUT2D eigenvalue weighted by atomic mass is 10.0. The maximum absolute atomic E-state index is 9.22. The third-order valence-corrected chi connectivity index (χ3v) is 3.56. The van der Waals surface area contributed by atoms with E-state index in [1.807, 2.05) is 12.1 Å². The van der Waals surface area contributed by atoms with Crippen LogP contribution in [-0.4, -0.2) is 29.1 Å². The Morgan fingerprint density at radius 2 is 2.06 bits per heavy atom. The van der Waals surface area contributed by atoms with Crippen molar-refractivity contribution in [2.75, 3.05) is 13.1 Å². The Hall–Kier alpha value is -1.06. The van der Waals surface area contributed by atoms with E-state index >= 15 is 0 Å². The summed E-state index contributed by atoms with van der Waals surface area (Å²) in [6.07, 6.45) is 1.24. The Kier molecular flexibility index (Phi) is 3.46. The lowest BCUT2D eigenvalue weighted by molar-refractivity contribution is 0.228. The molecule has 16 heavy (non-hydrogen) atoms. The third kappa shape index (κ3) is 2.36. The molecule has 0 radical (unpaired) electrons. The number of hydrogen-bond donors (Lipinski definition) is 2. The van der Waals surface area contributed by atoms with Gasteiger partial charge in [-0.15, -0.1) is 0 Å². The fraction of sp³-hybridized carbons (Fsp3) is 0.538. The Morgan fingerprint density at radius 1 is 1.38 bits per heavy atom. The standard InChI is InChI=1S/C13H20N2O/c1-10-6-7-15(13(10)8-14)9-11-2-4-12(16)5-3-11/h2-5,10,13,16H,6-9,14H2,1H3. The third-order valence-electron chi connectivity index (χ3n) is 3.56. The van der Waals surface area contributed by atoms with Crippen LogP contribution in [0.2, 0.25) is 0 Å². The van der Waals surface area contributed by atoms with Gasteiger partial charge in [0.2, 0.25) is 0 Å². The van der Waals surface area contributed by atoms with Crippen LogP contribution in [0.15, 0.2) is 24.3 Å². The van der Waals surface area contributed by atoms with Crippen molar-refractivity contribution in [2.45, 2.75) is 25.9 Å². The van der Waals surface area contributed by atoms with Crippen LogP contribution in [0.25, 0.3) is 0 Å². The Labute approximate surface area is 96.9 Å². The summed E-state index contributed by atoms with van der Waals surface area (Å²) in [4.78, 5) is 2.44. The molecule has 1 heterocycles. The van der Waals surface area contributed by atoms with Gasteiger partial charge >= 0.3 is 0 Å². The van der Waals surface area contributed by atoms with E-state index in [2.05, 4.69) is 11.8 Å². The van der Waals surface area contributed by atoms with E-state index in [9.17, 15) is 5.11 Å². The molecule has 1 aliphatic heterocycles. The molecule has 0 aliphatic carbocycles. The minimum atomic E-state index is 0.328. The van der Waals surface area contributed by atoms with Crippen LogP contribution in [-0.2, 0) is 6.54 Å². The molecule has 2 unspecified atom stereocenters. The first-order valence-corrected chi connectivity index (χ1v) is 5.92. The van der Waals surface area contributed by atoms with E-state index in [-0.39, 0.29) is 0 Å². The van der Waals surface area contributed by atoms with E-state index < -0.39 is 0 Å². The molecule has 0 spiro atoms. The van der Waals surface area contributed by atoms with E-state index in [1.54, 1.807) is 12.1 Å². The highest BCUT2D eigenvalue weighted by molar-refractivity contribution is 5.25. The molecule has 1 aliphatic rings. The molecule has 3 nitrogen and oxygen atoms in total. The van der Waals surface area contributed by atoms with Gasteiger partial charge in [-0.2, -0.15) is 0 Å². The monoisotopic (exact) mass is 220 g/mol. The van der Waals surface area contributed by atoms with Crippen LogP contribution in [0.3, 0.4) is 0 Å². The van der Waals surface area contributed by atoms with Crippen molar-refractivity contribution in [3.05, 3.63) is 29.8 Å². The zero-order chi connectivity index (χ0) is 11.5. The van der Waals surface area contributed by atoms with Gasteiger partial charge in [-0.3, -0.25) is 4.90 Å². The predicted molar refractivity (Wildman–Crippen MR) is 65.1 cm³/mol. The average Bonchev–Trinajstić information content (AvgIpc) is 2.63. The van der Waals surface area contributed by atoms with Crippen molar-refractivity contribution in [1.29, 1.82) is 0 Å². The summed E-state index contributed by atoms with van der Waals surface area (Å²) in [5.74, 6) is 1.02. The number of likely N-dealkylation sites (tertiary alicyclic amines) is 1. The van der Waals surface area contributed by atoms with Crippen LogP contribution in [0.5, 0.6) is 5.75 Å². The second-order valence-corrected chi connectivity index (χ2v) is 4.71. The Morgan fingerprint density at radius 3 is 2.69 bits per heavy atom.